The van der Waals surface area contributed by atoms with Gasteiger partial charge in [0.15, 0.2) is 0 Å². The van der Waals surface area contributed by atoms with Crippen LogP contribution in [0.15, 0.2) is 79.5 Å². The van der Waals surface area contributed by atoms with Crippen LogP contribution in [0.2, 0.25) is 0 Å². The van der Waals surface area contributed by atoms with E-state index in [1.165, 1.54) is 0 Å². The van der Waals surface area contributed by atoms with Gasteiger partial charge in [0, 0.05) is 24.2 Å². The summed E-state index contributed by atoms with van der Waals surface area (Å²) in [7, 11) is 0. The van der Waals surface area contributed by atoms with Crippen LogP contribution >= 0.6 is 0 Å². The van der Waals surface area contributed by atoms with E-state index in [1.54, 1.807) is 24.9 Å². The van der Waals surface area contributed by atoms with Crippen LogP contribution < -0.4 is 0 Å². The standard InChI is InChI=1S/C10H8N2.C5H5N/c1-2-4-9(5-3-1)10-6-7-11-8-12-10;1-2-4-6-5-3-1/h1-8H;1-5H. The molecule has 18 heavy (non-hydrogen) atoms. The van der Waals surface area contributed by atoms with Gasteiger partial charge in [-0.25, -0.2) is 9.97 Å². The lowest BCUT2D eigenvalue weighted by molar-refractivity contribution is 1.17. The highest BCUT2D eigenvalue weighted by Gasteiger charge is 1.94. The minimum absolute atomic E-state index is 0.964. The zero-order valence-corrected chi connectivity index (χ0v) is 9.85. The number of benzene rings is 1. The fourth-order valence-electron chi connectivity index (χ4n) is 1.38. The van der Waals surface area contributed by atoms with Crippen LogP contribution in [-0.4, -0.2) is 15.0 Å². The molecule has 0 fully saturated rings. The molecule has 88 valence electrons. The largest absolute Gasteiger partial charge is 0.265 e. The maximum absolute atomic E-state index is 4.14. The van der Waals surface area contributed by atoms with Crippen molar-refractivity contribution in [3.63, 3.8) is 0 Å². The van der Waals surface area contributed by atoms with Crippen molar-refractivity contribution in [1.29, 1.82) is 0 Å². The van der Waals surface area contributed by atoms with Crippen LogP contribution in [0.25, 0.3) is 11.3 Å². The smallest absolute Gasteiger partial charge is 0.116 e. The minimum Gasteiger partial charge on any atom is -0.265 e. The Labute approximate surface area is 106 Å². The van der Waals surface area contributed by atoms with Crippen molar-refractivity contribution in [3.8, 4) is 11.3 Å². The van der Waals surface area contributed by atoms with Crippen molar-refractivity contribution in [2.45, 2.75) is 0 Å². The summed E-state index contributed by atoms with van der Waals surface area (Å²) in [6, 6.07) is 17.7. The molecule has 3 aromatic rings. The molecule has 1 aromatic carbocycles. The molecule has 2 heterocycles. The molecule has 3 heteroatoms. The third kappa shape index (κ3) is 3.79. The quantitative estimate of drug-likeness (QED) is 0.650. The Morgan fingerprint density at radius 2 is 1.33 bits per heavy atom. The van der Waals surface area contributed by atoms with Gasteiger partial charge in [0.2, 0.25) is 0 Å². The first-order valence-corrected chi connectivity index (χ1v) is 5.63. The SMILES string of the molecule is c1ccc(-c2ccncn2)cc1.c1ccncc1. The number of nitrogens with zero attached hydrogens (tertiary/aromatic N) is 3. The van der Waals surface area contributed by atoms with E-state index in [0.29, 0.717) is 0 Å². The minimum atomic E-state index is 0.964. The van der Waals surface area contributed by atoms with Gasteiger partial charge < -0.3 is 0 Å². The van der Waals surface area contributed by atoms with Gasteiger partial charge in [-0.05, 0) is 18.2 Å². The van der Waals surface area contributed by atoms with Gasteiger partial charge in [-0.2, -0.15) is 0 Å². The van der Waals surface area contributed by atoms with Crippen molar-refractivity contribution < 1.29 is 0 Å². The van der Waals surface area contributed by atoms with Crippen LogP contribution in [0, 0.1) is 0 Å². The first-order valence-electron chi connectivity index (χ1n) is 5.63. The summed E-state index contributed by atoms with van der Waals surface area (Å²) < 4.78 is 0. The zero-order chi connectivity index (χ0) is 12.5. The lowest BCUT2D eigenvalue weighted by atomic mass is 10.1. The number of rotatable bonds is 1. The van der Waals surface area contributed by atoms with E-state index in [1.807, 2.05) is 54.6 Å². The average molecular weight is 235 g/mol. The van der Waals surface area contributed by atoms with Crippen LogP contribution in [-0.2, 0) is 0 Å². The zero-order valence-electron chi connectivity index (χ0n) is 9.85. The summed E-state index contributed by atoms with van der Waals surface area (Å²) in [5.74, 6) is 0. The van der Waals surface area contributed by atoms with Crippen molar-refractivity contribution >= 4 is 0 Å². The molecule has 0 atom stereocenters. The molecule has 0 aliphatic carbocycles. The highest BCUT2D eigenvalue weighted by molar-refractivity contribution is 5.57. The predicted molar refractivity (Wildman–Crippen MR) is 71.7 cm³/mol. The highest BCUT2D eigenvalue weighted by atomic mass is 14.8. The Morgan fingerprint density at radius 1 is 0.611 bits per heavy atom. The second-order valence-electron chi connectivity index (χ2n) is 3.49. The molecule has 3 nitrogen and oxygen atoms in total. The molecule has 0 saturated heterocycles. The molecule has 0 bridgehead atoms. The summed E-state index contributed by atoms with van der Waals surface area (Å²) in [5.41, 5.74) is 2.09. The van der Waals surface area contributed by atoms with Gasteiger partial charge in [-0.3, -0.25) is 4.98 Å². The molecule has 0 amide bonds. The van der Waals surface area contributed by atoms with Crippen molar-refractivity contribution in [3.05, 3.63) is 79.5 Å². The number of hydrogen-bond acceptors (Lipinski definition) is 3. The van der Waals surface area contributed by atoms with Gasteiger partial charge in [0.05, 0.1) is 5.69 Å². The van der Waals surface area contributed by atoms with E-state index in [0.717, 1.165) is 11.3 Å². The first-order chi connectivity index (χ1) is 8.97. The Kier molecular flexibility index (Phi) is 4.58. The molecule has 0 N–H and O–H groups in total. The molecular weight excluding hydrogens is 222 g/mol. The topological polar surface area (TPSA) is 38.7 Å². The Bertz CT molecular complexity index is 474. The van der Waals surface area contributed by atoms with Gasteiger partial charge in [0.1, 0.15) is 6.33 Å². The number of aromatic nitrogens is 3. The van der Waals surface area contributed by atoms with Crippen molar-refractivity contribution in [2.24, 2.45) is 0 Å². The van der Waals surface area contributed by atoms with Crippen LogP contribution in [0.1, 0.15) is 0 Å². The van der Waals surface area contributed by atoms with E-state index in [9.17, 15) is 0 Å². The molecule has 0 aliphatic heterocycles. The van der Waals surface area contributed by atoms with Gasteiger partial charge >= 0.3 is 0 Å². The van der Waals surface area contributed by atoms with Crippen LogP contribution in [0.5, 0.6) is 0 Å². The maximum Gasteiger partial charge on any atom is 0.116 e. The first kappa shape index (κ1) is 11.9. The lowest BCUT2D eigenvalue weighted by Crippen LogP contribution is -1.82. The number of hydrogen-bond donors (Lipinski definition) is 0. The fraction of sp³-hybridized carbons (Fsp3) is 0. The van der Waals surface area contributed by atoms with Gasteiger partial charge in [-0.15, -0.1) is 0 Å². The molecular formula is C15H13N3. The van der Waals surface area contributed by atoms with E-state index in [-0.39, 0.29) is 0 Å². The summed E-state index contributed by atoms with van der Waals surface area (Å²) in [5, 5.41) is 0. The Morgan fingerprint density at radius 3 is 1.83 bits per heavy atom. The molecule has 3 rings (SSSR count). The van der Waals surface area contributed by atoms with E-state index < -0.39 is 0 Å². The third-order valence-corrected chi connectivity index (χ3v) is 2.22. The van der Waals surface area contributed by atoms with Crippen molar-refractivity contribution in [2.75, 3.05) is 0 Å². The highest BCUT2D eigenvalue weighted by Crippen LogP contribution is 2.13. The summed E-state index contributed by atoms with van der Waals surface area (Å²) in [6.45, 7) is 0. The normalized spacial score (nSPS) is 9.11. The van der Waals surface area contributed by atoms with Gasteiger partial charge in [0.25, 0.3) is 0 Å². The fourth-order valence-corrected chi connectivity index (χ4v) is 1.38. The number of pyridine rings is 1. The maximum atomic E-state index is 4.14. The molecule has 0 saturated carbocycles. The Balaban J connectivity index is 0.000000169. The summed E-state index contributed by atoms with van der Waals surface area (Å²) >= 11 is 0. The van der Waals surface area contributed by atoms with E-state index >= 15 is 0 Å². The van der Waals surface area contributed by atoms with E-state index in [2.05, 4.69) is 15.0 Å². The molecule has 0 aliphatic rings. The molecule has 0 radical (unpaired) electrons. The second-order valence-corrected chi connectivity index (χ2v) is 3.49. The van der Waals surface area contributed by atoms with E-state index in [4.69, 9.17) is 0 Å². The second kappa shape index (κ2) is 6.91. The lowest BCUT2D eigenvalue weighted by Gasteiger charge is -1.96. The summed E-state index contributed by atoms with van der Waals surface area (Å²) in [4.78, 5) is 11.8. The van der Waals surface area contributed by atoms with Gasteiger partial charge in [-0.1, -0.05) is 36.4 Å². The Hall–Kier alpha value is -2.55. The average Bonchev–Trinajstić information content (AvgIpc) is 2.51. The monoisotopic (exact) mass is 235 g/mol. The summed E-state index contributed by atoms with van der Waals surface area (Å²) in [6.07, 6.45) is 6.80. The van der Waals surface area contributed by atoms with Crippen LogP contribution in [0.3, 0.4) is 0 Å². The van der Waals surface area contributed by atoms with Crippen molar-refractivity contribution in [1.82, 2.24) is 15.0 Å². The predicted octanol–water partition coefficient (Wildman–Crippen LogP) is 3.23. The third-order valence-electron chi connectivity index (χ3n) is 2.22. The van der Waals surface area contributed by atoms with Crippen LogP contribution in [0.4, 0.5) is 0 Å². The molecule has 0 spiro atoms. The molecule has 2 aromatic heterocycles. The molecule has 0 unspecified atom stereocenters.